The molecule has 3 aromatic carbocycles. The second kappa shape index (κ2) is 10.3. The number of benzene rings is 3. The highest BCUT2D eigenvalue weighted by Gasteiger charge is 2.20. The summed E-state index contributed by atoms with van der Waals surface area (Å²) in [6.45, 7) is 0. The van der Waals surface area contributed by atoms with Crippen LogP contribution < -0.4 is 4.90 Å². The third-order valence-electron chi connectivity index (χ3n) is 6.16. The summed E-state index contributed by atoms with van der Waals surface area (Å²) in [6.07, 6.45) is 7.38. The SMILES string of the molecule is CS(=O)(=O)c1cccc(-c2ccc(N3C=C(c4ccsc4)CCC=C3c3cccc(Cl)c3Cl)cc2)c1. The molecule has 182 valence electrons. The minimum absolute atomic E-state index is 0.306. The molecule has 0 saturated carbocycles. The van der Waals surface area contributed by atoms with Crippen molar-refractivity contribution in [3.8, 4) is 11.1 Å². The smallest absolute Gasteiger partial charge is 0.175 e. The van der Waals surface area contributed by atoms with E-state index in [-0.39, 0.29) is 0 Å². The molecular formula is C29H23Cl2NO2S2. The molecule has 0 aliphatic carbocycles. The molecule has 0 bridgehead atoms. The quantitative estimate of drug-likeness (QED) is 0.248. The Morgan fingerprint density at radius 3 is 2.39 bits per heavy atom. The summed E-state index contributed by atoms with van der Waals surface area (Å²) in [5, 5.41) is 5.30. The standard InChI is InChI=1S/C29H23Cl2NO2S2/c1-36(33,34)25-7-2-5-21(17-25)20-11-13-24(14-12-20)32-18-22(23-15-16-35-19-23)6-3-10-28(32)26-8-4-9-27(30)29(26)31/h2,4-5,7-19H,3,6H2,1H3. The number of nitrogens with zero attached hydrogens (tertiary/aromatic N) is 1. The van der Waals surface area contributed by atoms with E-state index in [0.717, 1.165) is 40.9 Å². The highest BCUT2D eigenvalue weighted by Crippen LogP contribution is 2.39. The molecule has 3 nitrogen and oxygen atoms in total. The molecule has 0 atom stereocenters. The van der Waals surface area contributed by atoms with Crippen LogP contribution >= 0.6 is 34.5 Å². The molecule has 1 aliphatic heterocycles. The summed E-state index contributed by atoms with van der Waals surface area (Å²) in [6, 6.07) is 23.0. The minimum atomic E-state index is -3.28. The Kier molecular flexibility index (Phi) is 7.09. The largest absolute Gasteiger partial charge is 0.317 e. The zero-order valence-electron chi connectivity index (χ0n) is 19.5. The first-order chi connectivity index (χ1) is 17.3. The molecule has 0 unspecified atom stereocenters. The molecule has 5 rings (SSSR count). The van der Waals surface area contributed by atoms with Crippen LogP contribution in [0.25, 0.3) is 22.4 Å². The van der Waals surface area contributed by atoms with Gasteiger partial charge in [-0.1, -0.05) is 65.7 Å². The molecule has 2 heterocycles. The van der Waals surface area contributed by atoms with Gasteiger partial charge in [0.05, 0.1) is 20.6 Å². The molecule has 0 spiro atoms. The molecule has 0 saturated heterocycles. The number of hydrogen-bond donors (Lipinski definition) is 0. The lowest BCUT2D eigenvalue weighted by Crippen LogP contribution is -2.15. The maximum Gasteiger partial charge on any atom is 0.175 e. The molecule has 0 amide bonds. The first kappa shape index (κ1) is 24.8. The van der Waals surface area contributed by atoms with E-state index in [0.29, 0.717) is 14.9 Å². The molecule has 1 aromatic heterocycles. The van der Waals surface area contributed by atoms with Crippen molar-refractivity contribution in [2.45, 2.75) is 17.7 Å². The van der Waals surface area contributed by atoms with Crippen molar-refractivity contribution in [1.29, 1.82) is 0 Å². The summed E-state index contributed by atoms with van der Waals surface area (Å²) in [4.78, 5) is 2.47. The third kappa shape index (κ3) is 5.16. The zero-order chi connectivity index (χ0) is 25.3. The maximum absolute atomic E-state index is 12.0. The van der Waals surface area contributed by atoms with Crippen LogP contribution in [0.1, 0.15) is 24.0 Å². The number of hydrogen-bond acceptors (Lipinski definition) is 4. The average molecular weight is 553 g/mol. The van der Waals surface area contributed by atoms with Crippen LogP contribution in [0.4, 0.5) is 5.69 Å². The van der Waals surface area contributed by atoms with E-state index in [1.807, 2.05) is 42.5 Å². The molecule has 7 heteroatoms. The van der Waals surface area contributed by atoms with Gasteiger partial charge >= 0.3 is 0 Å². The molecular weight excluding hydrogens is 529 g/mol. The van der Waals surface area contributed by atoms with Gasteiger partial charge in [0.25, 0.3) is 0 Å². The fourth-order valence-electron chi connectivity index (χ4n) is 4.29. The van der Waals surface area contributed by atoms with Gasteiger partial charge in [-0.3, -0.25) is 0 Å². The number of halogens is 2. The van der Waals surface area contributed by atoms with Gasteiger partial charge in [0.15, 0.2) is 9.84 Å². The van der Waals surface area contributed by atoms with Crippen molar-refractivity contribution < 1.29 is 8.42 Å². The average Bonchev–Trinajstić information content (AvgIpc) is 3.32. The molecule has 0 radical (unpaired) electrons. The monoisotopic (exact) mass is 551 g/mol. The molecule has 0 N–H and O–H groups in total. The lowest BCUT2D eigenvalue weighted by atomic mass is 10.0. The topological polar surface area (TPSA) is 37.4 Å². The summed E-state index contributed by atoms with van der Waals surface area (Å²) >= 11 is 14.7. The number of thiophene rings is 1. The second-order valence-corrected chi connectivity index (χ2v) is 12.2. The van der Waals surface area contributed by atoms with Crippen molar-refractivity contribution in [1.82, 2.24) is 0 Å². The van der Waals surface area contributed by atoms with E-state index in [1.54, 1.807) is 35.6 Å². The van der Waals surface area contributed by atoms with Crippen LogP contribution in [0, 0.1) is 0 Å². The van der Waals surface area contributed by atoms with E-state index < -0.39 is 9.84 Å². The van der Waals surface area contributed by atoms with Gasteiger partial charge in [0, 0.05) is 23.7 Å². The summed E-state index contributed by atoms with van der Waals surface area (Å²) in [5.41, 5.74) is 7.05. The van der Waals surface area contributed by atoms with E-state index in [9.17, 15) is 8.42 Å². The highest BCUT2D eigenvalue weighted by atomic mass is 35.5. The predicted octanol–water partition coefficient (Wildman–Crippen LogP) is 8.81. The summed E-state index contributed by atoms with van der Waals surface area (Å²) in [5.74, 6) is 0. The number of allylic oxidation sites excluding steroid dienone is 2. The van der Waals surface area contributed by atoms with E-state index in [2.05, 4.69) is 34.0 Å². The Morgan fingerprint density at radius 2 is 1.67 bits per heavy atom. The van der Waals surface area contributed by atoms with Gasteiger partial charge in [-0.15, -0.1) is 0 Å². The van der Waals surface area contributed by atoms with Gasteiger partial charge < -0.3 is 4.90 Å². The summed E-state index contributed by atoms with van der Waals surface area (Å²) < 4.78 is 24.0. The third-order valence-corrected chi connectivity index (χ3v) is 8.77. The van der Waals surface area contributed by atoms with Crippen molar-refractivity contribution in [2.75, 3.05) is 11.2 Å². The van der Waals surface area contributed by atoms with Crippen LogP contribution in [0.15, 0.2) is 101 Å². The maximum atomic E-state index is 12.0. The second-order valence-electron chi connectivity index (χ2n) is 8.61. The zero-order valence-corrected chi connectivity index (χ0v) is 22.6. The first-order valence-electron chi connectivity index (χ1n) is 11.4. The van der Waals surface area contributed by atoms with Crippen molar-refractivity contribution >= 4 is 61.3 Å². The molecule has 4 aromatic rings. The van der Waals surface area contributed by atoms with Gasteiger partial charge in [-0.05, 0) is 82.3 Å². The van der Waals surface area contributed by atoms with Gasteiger partial charge in [-0.2, -0.15) is 11.3 Å². The lowest BCUT2D eigenvalue weighted by Gasteiger charge is -2.25. The Labute approximate surface area is 225 Å². The lowest BCUT2D eigenvalue weighted by molar-refractivity contribution is 0.602. The van der Waals surface area contributed by atoms with Gasteiger partial charge in [-0.25, -0.2) is 8.42 Å². The van der Waals surface area contributed by atoms with Crippen LogP contribution in [-0.2, 0) is 9.84 Å². The number of sulfone groups is 1. The Bertz CT molecular complexity index is 1570. The Balaban J connectivity index is 1.59. The predicted molar refractivity (Wildman–Crippen MR) is 153 cm³/mol. The van der Waals surface area contributed by atoms with Crippen LogP contribution in [0.5, 0.6) is 0 Å². The molecule has 36 heavy (non-hydrogen) atoms. The Hall–Kier alpha value is -2.83. The van der Waals surface area contributed by atoms with Crippen molar-refractivity contribution in [3.05, 3.63) is 117 Å². The van der Waals surface area contributed by atoms with Gasteiger partial charge in [0.2, 0.25) is 0 Å². The van der Waals surface area contributed by atoms with E-state index in [1.165, 1.54) is 17.4 Å². The van der Waals surface area contributed by atoms with E-state index >= 15 is 0 Å². The first-order valence-corrected chi connectivity index (χ1v) is 15.0. The highest BCUT2D eigenvalue weighted by molar-refractivity contribution is 7.90. The minimum Gasteiger partial charge on any atom is -0.317 e. The molecule has 1 aliphatic rings. The van der Waals surface area contributed by atoms with E-state index in [4.69, 9.17) is 23.2 Å². The fourth-order valence-corrected chi connectivity index (χ4v) is 6.04. The van der Waals surface area contributed by atoms with Crippen LogP contribution in [0.2, 0.25) is 10.0 Å². The number of rotatable bonds is 5. The van der Waals surface area contributed by atoms with Crippen molar-refractivity contribution in [2.24, 2.45) is 0 Å². The molecule has 0 fully saturated rings. The van der Waals surface area contributed by atoms with Crippen LogP contribution in [-0.4, -0.2) is 14.7 Å². The van der Waals surface area contributed by atoms with Crippen LogP contribution in [0.3, 0.4) is 0 Å². The normalized spacial score (nSPS) is 14.2. The Morgan fingerprint density at radius 1 is 0.889 bits per heavy atom. The number of anilines is 1. The van der Waals surface area contributed by atoms with Gasteiger partial charge in [0.1, 0.15) is 0 Å². The summed E-state index contributed by atoms with van der Waals surface area (Å²) in [7, 11) is -3.28. The fraction of sp³-hybridized carbons (Fsp3) is 0.103. The van der Waals surface area contributed by atoms with Crippen molar-refractivity contribution in [3.63, 3.8) is 0 Å².